The van der Waals surface area contributed by atoms with Gasteiger partial charge in [0.25, 0.3) is 0 Å². The molecule has 4 heteroatoms. The second kappa shape index (κ2) is 6.35. The van der Waals surface area contributed by atoms with Crippen LogP contribution in [0.5, 0.6) is 5.75 Å². The molecule has 0 aliphatic heterocycles. The smallest absolute Gasteiger partial charge is 0.185 e. The number of benzene rings is 2. The van der Waals surface area contributed by atoms with Gasteiger partial charge in [-0.25, -0.2) is 4.39 Å². The van der Waals surface area contributed by atoms with Gasteiger partial charge < -0.3 is 4.74 Å². The van der Waals surface area contributed by atoms with Gasteiger partial charge in [-0.15, -0.1) is 0 Å². The number of carbonyl (C=O) groups excluding carboxylic acids is 1. The number of allylic oxidation sites excluding steroid dienone is 1. The quantitative estimate of drug-likeness (QED) is 0.617. The number of hydrogen-bond donors (Lipinski definition) is 0. The first-order valence-corrected chi connectivity index (χ1v) is 6.30. The summed E-state index contributed by atoms with van der Waals surface area (Å²) >= 11 is 5.88. The maximum atomic E-state index is 13.5. The molecule has 2 aromatic rings. The second-order valence-corrected chi connectivity index (χ2v) is 4.47. The third kappa shape index (κ3) is 3.25. The van der Waals surface area contributed by atoms with Crippen LogP contribution in [0.15, 0.2) is 48.5 Å². The van der Waals surface area contributed by atoms with Crippen molar-refractivity contribution < 1.29 is 13.9 Å². The lowest BCUT2D eigenvalue weighted by Gasteiger charge is -2.01. The standard InChI is InChI=1S/C16H12ClFO2/c1-20-12-7-5-11(6-8-12)16(19)10-9-13-14(17)3-2-4-15(13)18/h2-10H,1H3/b10-9+. The van der Waals surface area contributed by atoms with Crippen molar-refractivity contribution in [3.63, 3.8) is 0 Å². The van der Waals surface area contributed by atoms with Crippen molar-refractivity contribution in [2.24, 2.45) is 0 Å². The van der Waals surface area contributed by atoms with Crippen LogP contribution in [0, 0.1) is 5.82 Å². The molecule has 102 valence electrons. The van der Waals surface area contributed by atoms with Crippen molar-refractivity contribution in [3.8, 4) is 5.75 Å². The molecule has 0 saturated heterocycles. The van der Waals surface area contributed by atoms with Gasteiger partial charge in [-0.1, -0.05) is 17.7 Å². The number of rotatable bonds is 4. The molecule has 0 saturated carbocycles. The van der Waals surface area contributed by atoms with E-state index in [2.05, 4.69) is 0 Å². The average molecular weight is 291 g/mol. The van der Waals surface area contributed by atoms with E-state index in [1.165, 1.54) is 24.3 Å². The number of carbonyl (C=O) groups is 1. The maximum Gasteiger partial charge on any atom is 0.185 e. The van der Waals surface area contributed by atoms with Crippen molar-refractivity contribution in [3.05, 3.63) is 70.5 Å². The zero-order valence-corrected chi connectivity index (χ0v) is 11.5. The molecule has 0 fully saturated rings. The van der Waals surface area contributed by atoms with Gasteiger partial charge in [0.2, 0.25) is 0 Å². The average Bonchev–Trinajstić information content (AvgIpc) is 2.46. The fourth-order valence-electron chi connectivity index (χ4n) is 1.68. The van der Waals surface area contributed by atoms with Crippen molar-refractivity contribution in [2.45, 2.75) is 0 Å². The first-order valence-electron chi connectivity index (χ1n) is 5.92. The van der Waals surface area contributed by atoms with Gasteiger partial charge in [0, 0.05) is 11.1 Å². The molecule has 0 aromatic heterocycles. The lowest BCUT2D eigenvalue weighted by Crippen LogP contribution is -1.94. The summed E-state index contributed by atoms with van der Waals surface area (Å²) in [6.45, 7) is 0. The van der Waals surface area contributed by atoms with Crippen LogP contribution in [0.3, 0.4) is 0 Å². The Balaban J connectivity index is 2.20. The first-order chi connectivity index (χ1) is 9.61. The number of halogens is 2. The third-order valence-electron chi connectivity index (χ3n) is 2.78. The largest absolute Gasteiger partial charge is 0.497 e. The van der Waals surface area contributed by atoms with E-state index in [0.29, 0.717) is 11.3 Å². The summed E-state index contributed by atoms with van der Waals surface area (Å²) in [5.74, 6) is -0.0223. The summed E-state index contributed by atoms with van der Waals surface area (Å²) in [7, 11) is 1.55. The summed E-state index contributed by atoms with van der Waals surface area (Å²) in [5.41, 5.74) is 0.700. The molecule has 0 spiro atoms. The Kier molecular flexibility index (Phi) is 4.53. The van der Waals surface area contributed by atoms with E-state index < -0.39 is 5.82 Å². The minimum Gasteiger partial charge on any atom is -0.497 e. The number of ketones is 1. The molecule has 20 heavy (non-hydrogen) atoms. The molecule has 2 rings (SSSR count). The van der Waals surface area contributed by atoms with E-state index in [1.54, 1.807) is 37.4 Å². The molecule has 0 bridgehead atoms. The Morgan fingerprint density at radius 3 is 2.50 bits per heavy atom. The Bertz CT molecular complexity index is 628. The molecule has 0 unspecified atom stereocenters. The zero-order valence-electron chi connectivity index (χ0n) is 10.8. The highest BCUT2D eigenvalue weighted by molar-refractivity contribution is 6.32. The van der Waals surface area contributed by atoms with Crippen LogP contribution in [0.4, 0.5) is 4.39 Å². The normalized spacial score (nSPS) is 10.8. The molecule has 0 aliphatic rings. The summed E-state index contributed by atoms with van der Waals surface area (Å²) in [5, 5.41) is 0.267. The molecule has 0 heterocycles. The van der Waals surface area contributed by atoms with Crippen LogP contribution in [0.1, 0.15) is 15.9 Å². The number of ether oxygens (including phenoxy) is 1. The van der Waals surface area contributed by atoms with Crippen molar-refractivity contribution in [2.75, 3.05) is 7.11 Å². The molecule has 2 aromatic carbocycles. The molecule has 2 nitrogen and oxygen atoms in total. The van der Waals surface area contributed by atoms with Gasteiger partial charge in [-0.2, -0.15) is 0 Å². The maximum absolute atomic E-state index is 13.5. The zero-order chi connectivity index (χ0) is 14.5. The summed E-state index contributed by atoms with van der Waals surface area (Å²) in [6, 6.07) is 11.1. The van der Waals surface area contributed by atoms with Crippen LogP contribution in [-0.2, 0) is 0 Å². The SMILES string of the molecule is COc1ccc(C(=O)/C=C/c2c(F)cccc2Cl)cc1. The van der Waals surface area contributed by atoms with E-state index in [4.69, 9.17) is 16.3 Å². The lowest BCUT2D eigenvalue weighted by atomic mass is 10.1. The highest BCUT2D eigenvalue weighted by Crippen LogP contribution is 2.20. The monoisotopic (exact) mass is 290 g/mol. The highest BCUT2D eigenvalue weighted by atomic mass is 35.5. The fraction of sp³-hybridized carbons (Fsp3) is 0.0625. The second-order valence-electron chi connectivity index (χ2n) is 4.06. The summed E-state index contributed by atoms with van der Waals surface area (Å²) in [6.07, 6.45) is 2.68. The minimum atomic E-state index is -0.462. The molecular formula is C16H12ClFO2. The van der Waals surface area contributed by atoms with Gasteiger partial charge in [0.1, 0.15) is 11.6 Å². The lowest BCUT2D eigenvalue weighted by molar-refractivity contribution is 0.104. The van der Waals surface area contributed by atoms with Gasteiger partial charge in [-0.05, 0) is 48.6 Å². The highest BCUT2D eigenvalue weighted by Gasteiger charge is 2.05. The first kappa shape index (κ1) is 14.3. The summed E-state index contributed by atoms with van der Waals surface area (Å²) in [4.78, 5) is 11.9. The predicted octanol–water partition coefficient (Wildman–Crippen LogP) is 4.38. The minimum absolute atomic E-state index is 0.205. The number of hydrogen-bond acceptors (Lipinski definition) is 2. The van der Waals surface area contributed by atoms with Crippen molar-refractivity contribution >= 4 is 23.5 Å². The Hall–Kier alpha value is -2.13. The molecule has 0 radical (unpaired) electrons. The van der Waals surface area contributed by atoms with E-state index in [9.17, 15) is 9.18 Å². The van der Waals surface area contributed by atoms with Crippen LogP contribution < -0.4 is 4.74 Å². The van der Waals surface area contributed by atoms with E-state index in [1.807, 2.05) is 0 Å². The van der Waals surface area contributed by atoms with Gasteiger partial charge >= 0.3 is 0 Å². The van der Waals surface area contributed by atoms with Crippen LogP contribution in [0.2, 0.25) is 5.02 Å². The van der Waals surface area contributed by atoms with Gasteiger partial charge in [-0.3, -0.25) is 4.79 Å². The topological polar surface area (TPSA) is 26.3 Å². The Labute approximate surface area is 121 Å². The van der Waals surface area contributed by atoms with E-state index in [0.717, 1.165) is 0 Å². The molecular weight excluding hydrogens is 279 g/mol. The summed E-state index contributed by atoms with van der Waals surface area (Å²) < 4.78 is 18.6. The van der Waals surface area contributed by atoms with Crippen LogP contribution >= 0.6 is 11.6 Å². The molecule has 0 atom stereocenters. The van der Waals surface area contributed by atoms with Crippen molar-refractivity contribution in [1.29, 1.82) is 0 Å². The Morgan fingerprint density at radius 2 is 1.90 bits per heavy atom. The Morgan fingerprint density at radius 1 is 1.20 bits per heavy atom. The van der Waals surface area contributed by atoms with E-state index >= 15 is 0 Å². The number of methoxy groups -OCH3 is 1. The third-order valence-corrected chi connectivity index (χ3v) is 3.11. The van der Waals surface area contributed by atoms with Crippen molar-refractivity contribution in [1.82, 2.24) is 0 Å². The fourth-order valence-corrected chi connectivity index (χ4v) is 1.91. The van der Waals surface area contributed by atoms with Gasteiger partial charge in [0.05, 0.1) is 12.1 Å². The molecule has 0 N–H and O–H groups in total. The molecule has 0 aliphatic carbocycles. The van der Waals surface area contributed by atoms with E-state index in [-0.39, 0.29) is 16.4 Å². The van der Waals surface area contributed by atoms with Crippen LogP contribution in [0.25, 0.3) is 6.08 Å². The van der Waals surface area contributed by atoms with Crippen LogP contribution in [-0.4, -0.2) is 12.9 Å². The van der Waals surface area contributed by atoms with Gasteiger partial charge in [0.15, 0.2) is 5.78 Å². The molecule has 0 amide bonds. The predicted molar refractivity (Wildman–Crippen MR) is 77.8 cm³/mol.